The Bertz CT molecular complexity index is 646. The first-order valence-corrected chi connectivity index (χ1v) is 8.02. The molecule has 0 fully saturated rings. The third-order valence-corrected chi connectivity index (χ3v) is 4.50. The van der Waals surface area contributed by atoms with Crippen molar-refractivity contribution >= 4 is 39.1 Å². The highest BCUT2D eigenvalue weighted by Gasteiger charge is 2.15. The molecule has 1 aliphatic rings. The summed E-state index contributed by atoms with van der Waals surface area (Å²) in [7, 11) is 0. The van der Waals surface area contributed by atoms with Crippen molar-refractivity contribution in [3.63, 3.8) is 0 Å². The Morgan fingerprint density at radius 2 is 2.05 bits per heavy atom. The minimum absolute atomic E-state index is 0.238. The molecule has 2 aromatic carbocycles. The van der Waals surface area contributed by atoms with Gasteiger partial charge in [0.1, 0.15) is 0 Å². The number of rotatable bonds is 4. The smallest absolute Gasteiger partial charge is 0.166 e. The average molecular weight is 285 g/mol. The van der Waals surface area contributed by atoms with Gasteiger partial charge in [-0.3, -0.25) is 0 Å². The summed E-state index contributed by atoms with van der Waals surface area (Å²) in [6, 6.07) is 12.8. The lowest BCUT2D eigenvalue weighted by Gasteiger charge is -2.19. The van der Waals surface area contributed by atoms with E-state index in [9.17, 15) is 0 Å². The second kappa shape index (κ2) is 5.85. The third kappa shape index (κ3) is 2.67. The summed E-state index contributed by atoms with van der Waals surface area (Å²) < 4.78 is 0. The first kappa shape index (κ1) is 13.5. The molecule has 1 aliphatic heterocycles. The number of amidine groups is 1. The maximum Gasteiger partial charge on any atom is 0.166 e. The molecule has 104 valence electrons. The second-order valence-corrected chi connectivity index (χ2v) is 6.09. The number of hydrogen-bond acceptors (Lipinski definition) is 4. The van der Waals surface area contributed by atoms with E-state index in [-0.39, 0.29) is 6.04 Å². The molecule has 20 heavy (non-hydrogen) atoms. The van der Waals surface area contributed by atoms with Crippen LogP contribution >= 0.6 is 11.8 Å². The van der Waals surface area contributed by atoms with Crippen molar-refractivity contribution in [2.75, 3.05) is 11.1 Å². The maximum absolute atomic E-state index is 6.07. The van der Waals surface area contributed by atoms with Crippen LogP contribution in [0.25, 0.3) is 10.8 Å². The van der Waals surface area contributed by atoms with Gasteiger partial charge in [0, 0.05) is 17.2 Å². The van der Waals surface area contributed by atoms with Crippen molar-refractivity contribution in [2.45, 2.75) is 25.8 Å². The normalized spacial score (nSPS) is 14.8. The molecule has 0 bridgehead atoms. The van der Waals surface area contributed by atoms with E-state index in [0.717, 1.165) is 35.1 Å². The van der Waals surface area contributed by atoms with Gasteiger partial charge in [-0.2, -0.15) is 0 Å². The third-order valence-electron chi connectivity index (χ3n) is 3.44. The van der Waals surface area contributed by atoms with Gasteiger partial charge in [-0.25, -0.2) is 4.99 Å². The molecule has 1 unspecified atom stereocenters. The van der Waals surface area contributed by atoms with Crippen molar-refractivity contribution in [1.82, 2.24) is 0 Å². The van der Waals surface area contributed by atoms with Crippen LogP contribution in [0.4, 0.5) is 11.4 Å². The molecule has 0 saturated heterocycles. The first-order valence-electron chi connectivity index (χ1n) is 7.03. The largest absolute Gasteiger partial charge is 0.334 e. The van der Waals surface area contributed by atoms with Crippen LogP contribution in [-0.4, -0.2) is 17.0 Å². The Kier molecular flexibility index (Phi) is 3.94. The van der Waals surface area contributed by atoms with E-state index in [1.807, 2.05) is 0 Å². The summed E-state index contributed by atoms with van der Waals surface area (Å²) in [5.41, 5.74) is 8.25. The molecule has 3 rings (SSSR count). The SMILES string of the molecule is CCCC(N)CSC1=Nc2cccc3cccc(c23)N1. The van der Waals surface area contributed by atoms with Gasteiger partial charge < -0.3 is 11.1 Å². The number of thioether (sulfide) groups is 1. The molecule has 0 radical (unpaired) electrons. The fourth-order valence-corrected chi connectivity index (χ4v) is 3.36. The fourth-order valence-electron chi connectivity index (χ4n) is 2.48. The van der Waals surface area contributed by atoms with Crippen LogP contribution < -0.4 is 11.1 Å². The van der Waals surface area contributed by atoms with E-state index in [4.69, 9.17) is 10.7 Å². The zero-order valence-electron chi connectivity index (χ0n) is 11.6. The van der Waals surface area contributed by atoms with Crippen molar-refractivity contribution in [2.24, 2.45) is 10.7 Å². The number of hydrogen-bond donors (Lipinski definition) is 2. The lowest BCUT2D eigenvalue weighted by atomic mass is 10.1. The Morgan fingerprint density at radius 1 is 1.25 bits per heavy atom. The molecule has 0 amide bonds. The van der Waals surface area contributed by atoms with E-state index in [0.29, 0.717) is 0 Å². The molecule has 0 aliphatic carbocycles. The lowest BCUT2D eigenvalue weighted by Crippen LogP contribution is -2.24. The summed E-state index contributed by atoms with van der Waals surface area (Å²) in [5, 5.41) is 6.79. The predicted molar refractivity (Wildman–Crippen MR) is 90.0 cm³/mol. The minimum atomic E-state index is 0.238. The molecule has 2 aromatic rings. The van der Waals surface area contributed by atoms with Crippen LogP contribution in [0.1, 0.15) is 19.8 Å². The van der Waals surface area contributed by atoms with E-state index >= 15 is 0 Å². The van der Waals surface area contributed by atoms with Crippen LogP contribution in [0.5, 0.6) is 0 Å². The Hall–Kier alpha value is -1.52. The van der Waals surface area contributed by atoms with Crippen molar-refractivity contribution in [1.29, 1.82) is 0 Å². The monoisotopic (exact) mass is 285 g/mol. The molecular formula is C16H19N3S. The number of nitrogens with two attached hydrogens (primary N) is 1. The molecule has 3 N–H and O–H groups in total. The zero-order valence-corrected chi connectivity index (χ0v) is 12.4. The highest BCUT2D eigenvalue weighted by molar-refractivity contribution is 8.14. The molecule has 3 nitrogen and oxygen atoms in total. The predicted octanol–water partition coefficient (Wildman–Crippen LogP) is 4.11. The molecule has 0 aromatic heterocycles. The minimum Gasteiger partial charge on any atom is -0.334 e. The number of benzene rings is 2. The molecule has 1 heterocycles. The Labute approximate surface area is 123 Å². The van der Waals surface area contributed by atoms with E-state index in [1.165, 1.54) is 10.8 Å². The van der Waals surface area contributed by atoms with Crippen LogP contribution in [0.3, 0.4) is 0 Å². The van der Waals surface area contributed by atoms with E-state index in [1.54, 1.807) is 11.8 Å². The van der Waals surface area contributed by atoms with Crippen LogP contribution in [-0.2, 0) is 0 Å². The van der Waals surface area contributed by atoms with Gasteiger partial charge in [0.2, 0.25) is 0 Å². The fraction of sp³-hybridized carbons (Fsp3) is 0.312. The number of aliphatic imine (C=N–C) groups is 1. The van der Waals surface area contributed by atoms with Gasteiger partial charge in [0.05, 0.1) is 11.4 Å². The van der Waals surface area contributed by atoms with Gasteiger partial charge in [0.25, 0.3) is 0 Å². The first-order chi connectivity index (χ1) is 9.78. The summed E-state index contributed by atoms with van der Waals surface area (Å²) >= 11 is 1.71. The standard InChI is InChI=1S/C16H19N3S/c1-2-5-12(17)10-20-16-18-13-8-3-6-11-7-4-9-14(19-16)15(11)13/h3-4,6-9,12H,2,5,10,17H2,1H3,(H,18,19). The number of nitrogens with one attached hydrogen (secondary N) is 1. The van der Waals surface area contributed by atoms with E-state index < -0.39 is 0 Å². The average Bonchev–Trinajstić information content (AvgIpc) is 2.46. The summed E-state index contributed by atoms with van der Waals surface area (Å²) in [6.07, 6.45) is 2.19. The van der Waals surface area contributed by atoms with Gasteiger partial charge in [-0.05, 0) is 23.9 Å². The molecule has 1 atom stereocenters. The topological polar surface area (TPSA) is 50.4 Å². The highest BCUT2D eigenvalue weighted by Crippen LogP contribution is 2.36. The second-order valence-electron chi connectivity index (χ2n) is 5.08. The van der Waals surface area contributed by atoms with E-state index in [2.05, 4.69) is 48.6 Å². The lowest BCUT2D eigenvalue weighted by molar-refractivity contribution is 0.661. The number of anilines is 1. The Morgan fingerprint density at radius 3 is 2.85 bits per heavy atom. The Balaban J connectivity index is 1.83. The quantitative estimate of drug-likeness (QED) is 0.888. The van der Waals surface area contributed by atoms with Gasteiger partial charge >= 0.3 is 0 Å². The molecular weight excluding hydrogens is 266 g/mol. The van der Waals surface area contributed by atoms with Gasteiger partial charge in [0.15, 0.2) is 5.17 Å². The summed E-state index contributed by atoms with van der Waals surface area (Å²) in [5.74, 6) is 0.901. The maximum atomic E-state index is 6.07. The van der Waals surface area contributed by atoms with Crippen molar-refractivity contribution in [3.05, 3.63) is 36.4 Å². The highest BCUT2D eigenvalue weighted by atomic mass is 32.2. The van der Waals surface area contributed by atoms with Crippen LogP contribution in [0.2, 0.25) is 0 Å². The van der Waals surface area contributed by atoms with Crippen molar-refractivity contribution in [3.8, 4) is 0 Å². The molecule has 4 heteroatoms. The van der Waals surface area contributed by atoms with Gasteiger partial charge in [-0.1, -0.05) is 49.4 Å². The van der Waals surface area contributed by atoms with Crippen molar-refractivity contribution < 1.29 is 0 Å². The van der Waals surface area contributed by atoms with Crippen LogP contribution in [0, 0.1) is 0 Å². The molecule has 0 saturated carbocycles. The van der Waals surface area contributed by atoms with Gasteiger partial charge in [-0.15, -0.1) is 0 Å². The number of nitrogens with zero attached hydrogens (tertiary/aromatic N) is 1. The van der Waals surface area contributed by atoms with Crippen LogP contribution in [0.15, 0.2) is 41.4 Å². The zero-order chi connectivity index (χ0) is 13.9. The summed E-state index contributed by atoms with van der Waals surface area (Å²) in [4.78, 5) is 4.71. The molecule has 0 spiro atoms. The summed E-state index contributed by atoms with van der Waals surface area (Å²) in [6.45, 7) is 2.16.